The Morgan fingerprint density at radius 1 is 1.00 bits per heavy atom. The van der Waals surface area contributed by atoms with Gasteiger partial charge < -0.3 is 4.90 Å². The molecule has 2 heteroatoms. The summed E-state index contributed by atoms with van der Waals surface area (Å²) in [6.45, 7) is 15.2. The van der Waals surface area contributed by atoms with Gasteiger partial charge in [0, 0.05) is 23.2 Å². The zero-order chi connectivity index (χ0) is 12.3. The van der Waals surface area contributed by atoms with Crippen LogP contribution in [0.3, 0.4) is 0 Å². The van der Waals surface area contributed by atoms with Gasteiger partial charge in [0.25, 0.3) is 0 Å². The molecule has 0 saturated heterocycles. The van der Waals surface area contributed by atoms with Crippen molar-refractivity contribution in [1.29, 1.82) is 0 Å². The number of allylic oxidation sites excluding steroid dienone is 2. The second-order valence-corrected chi connectivity index (χ2v) is 6.68. The second-order valence-electron chi connectivity index (χ2n) is 5.55. The molecule has 0 saturated carbocycles. The largest absolute Gasteiger partial charge is 0.372 e. The minimum atomic E-state index is 0.629. The summed E-state index contributed by atoms with van der Waals surface area (Å²) in [6, 6.07) is 0.629. The first kappa shape index (κ1) is 14.0. The van der Waals surface area contributed by atoms with Gasteiger partial charge in [-0.3, -0.25) is 0 Å². The standard InChI is InChI=1S/C14H27NS/c1-10(2)13-14(11(3)4)16-9-7-8-15(13)12(5)6/h10-12H,7-9H2,1-6H3. The zero-order valence-corrected chi connectivity index (χ0v) is 12.5. The molecule has 94 valence electrons. The molecule has 1 aliphatic heterocycles. The van der Waals surface area contributed by atoms with E-state index in [9.17, 15) is 0 Å². The van der Waals surface area contributed by atoms with Gasteiger partial charge >= 0.3 is 0 Å². The van der Waals surface area contributed by atoms with Gasteiger partial charge in [-0.05, 0) is 37.9 Å². The van der Waals surface area contributed by atoms with E-state index in [1.807, 2.05) is 0 Å². The maximum Gasteiger partial charge on any atom is 0.0260 e. The Balaban J connectivity index is 3.11. The predicted molar refractivity (Wildman–Crippen MR) is 75.6 cm³/mol. The Kier molecular flexibility index (Phi) is 5.23. The molecule has 1 rings (SSSR count). The zero-order valence-electron chi connectivity index (χ0n) is 11.7. The molecule has 1 heterocycles. The SMILES string of the molecule is CC(C)C1=C(C(C)C)N(C(C)C)CCCS1. The van der Waals surface area contributed by atoms with Crippen molar-refractivity contribution in [3.63, 3.8) is 0 Å². The quantitative estimate of drug-likeness (QED) is 0.722. The highest BCUT2D eigenvalue weighted by Gasteiger charge is 2.24. The van der Waals surface area contributed by atoms with E-state index in [2.05, 4.69) is 58.2 Å². The highest BCUT2D eigenvalue weighted by Crippen LogP contribution is 2.36. The van der Waals surface area contributed by atoms with Crippen molar-refractivity contribution in [3.8, 4) is 0 Å². The first-order valence-corrected chi connectivity index (χ1v) is 7.57. The molecule has 16 heavy (non-hydrogen) atoms. The summed E-state index contributed by atoms with van der Waals surface area (Å²) in [6.07, 6.45) is 1.31. The van der Waals surface area contributed by atoms with Crippen molar-refractivity contribution in [3.05, 3.63) is 10.6 Å². The first-order chi connectivity index (χ1) is 7.45. The molecule has 0 bridgehead atoms. The second kappa shape index (κ2) is 6.00. The van der Waals surface area contributed by atoms with Gasteiger partial charge in [0.15, 0.2) is 0 Å². The van der Waals surface area contributed by atoms with Crippen LogP contribution in [0.15, 0.2) is 10.6 Å². The molecule has 0 amide bonds. The Morgan fingerprint density at radius 2 is 1.62 bits per heavy atom. The van der Waals surface area contributed by atoms with Crippen molar-refractivity contribution in [1.82, 2.24) is 4.90 Å². The molecule has 1 nitrogen and oxygen atoms in total. The van der Waals surface area contributed by atoms with E-state index < -0.39 is 0 Å². The van der Waals surface area contributed by atoms with Crippen LogP contribution in [-0.2, 0) is 0 Å². The lowest BCUT2D eigenvalue weighted by molar-refractivity contribution is 0.258. The summed E-state index contributed by atoms with van der Waals surface area (Å²) in [5, 5.41) is 0. The summed E-state index contributed by atoms with van der Waals surface area (Å²) in [4.78, 5) is 4.25. The lowest BCUT2D eigenvalue weighted by Gasteiger charge is -2.34. The van der Waals surface area contributed by atoms with Gasteiger partial charge in [0.1, 0.15) is 0 Å². The molecule has 0 N–H and O–H groups in total. The Bertz CT molecular complexity index is 253. The van der Waals surface area contributed by atoms with E-state index >= 15 is 0 Å². The van der Waals surface area contributed by atoms with E-state index in [0.717, 1.165) is 0 Å². The third kappa shape index (κ3) is 3.19. The molecule has 0 aliphatic carbocycles. The van der Waals surface area contributed by atoms with Crippen LogP contribution in [-0.4, -0.2) is 23.2 Å². The molecule has 0 unspecified atom stereocenters. The Hall–Kier alpha value is -0.110. The van der Waals surface area contributed by atoms with Gasteiger partial charge in [-0.25, -0.2) is 0 Å². The predicted octanol–water partition coefficient (Wildman–Crippen LogP) is 4.36. The molecule has 0 radical (unpaired) electrons. The molecule has 0 atom stereocenters. The van der Waals surface area contributed by atoms with Crippen LogP contribution in [0.25, 0.3) is 0 Å². The molecule has 1 aliphatic rings. The van der Waals surface area contributed by atoms with Gasteiger partial charge in [-0.2, -0.15) is 0 Å². The molecular formula is C14H27NS. The summed E-state index contributed by atoms with van der Waals surface area (Å²) < 4.78 is 0. The van der Waals surface area contributed by atoms with Gasteiger partial charge in [0.2, 0.25) is 0 Å². The van der Waals surface area contributed by atoms with Crippen molar-refractivity contribution in [2.24, 2.45) is 11.8 Å². The summed E-state index contributed by atoms with van der Waals surface area (Å²) in [5.74, 6) is 2.60. The van der Waals surface area contributed by atoms with E-state index in [1.165, 1.54) is 18.7 Å². The number of hydrogen-bond acceptors (Lipinski definition) is 2. The fourth-order valence-electron chi connectivity index (χ4n) is 2.37. The van der Waals surface area contributed by atoms with Crippen molar-refractivity contribution in [2.45, 2.75) is 54.0 Å². The van der Waals surface area contributed by atoms with Crippen LogP contribution in [0.1, 0.15) is 48.0 Å². The lowest BCUT2D eigenvalue weighted by Crippen LogP contribution is -2.33. The minimum absolute atomic E-state index is 0.629. The third-order valence-electron chi connectivity index (χ3n) is 3.06. The van der Waals surface area contributed by atoms with Crippen LogP contribution in [0.5, 0.6) is 0 Å². The average Bonchev–Trinajstić information content (AvgIpc) is 2.38. The molecule has 0 aromatic carbocycles. The summed E-state index contributed by atoms with van der Waals surface area (Å²) in [5.41, 5.74) is 1.60. The highest BCUT2D eigenvalue weighted by molar-refractivity contribution is 8.03. The van der Waals surface area contributed by atoms with Crippen LogP contribution < -0.4 is 0 Å². The maximum atomic E-state index is 2.62. The summed E-state index contributed by atoms with van der Waals surface area (Å²) in [7, 11) is 0. The molecule has 0 fully saturated rings. The maximum absolute atomic E-state index is 2.62. The van der Waals surface area contributed by atoms with Crippen molar-refractivity contribution >= 4 is 11.8 Å². The van der Waals surface area contributed by atoms with Gasteiger partial charge in [0.05, 0.1) is 0 Å². The number of rotatable bonds is 3. The van der Waals surface area contributed by atoms with Crippen molar-refractivity contribution in [2.75, 3.05) is 12.3 Å². The Morgan fingerprint density at radius 3 is 2.06 bits per heavy atom. The first-order valence-electron chi connectivity index (χ1n) is 6.58. The fraction of sp³-hybridized carbons (Fsp3) is 0.857. The number of nitrogens with zero attached hydrogens (tertiary/aromatic N) is 1. The van der Waals surface area contributed by atoms with Crippen molar-refractivity contribution < 1.29 is 0 Å². The van der Waals surface area contributed by atoms with Crippen LogP contribution in [0, 0.1) is 11.8 Å². The van der Waals surface area contributed by atoms with Crippen LogP contribution in [0.2, 0.25) is 0 Å². The fourth-order valence-corrected chi connectivity index (χ4v) is 3.70. The van der Waals surface area contributed by atoms with E-state index in [1.54, 1.807) is 10.6 Å². The van der Waals surface area contributed by atoms with E-state index in [4.69, 9.17) is 0 Å². The molecule has 0 aromatic heterocycles. The highest BCUT2D eigenvalue weighted by atomic mass is 32.2. The Labute approximate surface area is 106 Å². The van der Waals surface area contributed by atoms with Gasteiger partial charge in [-0.1, -0.05) is 27.7 Å². The molecule has 0 spiro atoms. The number of hydrogen-bond donors (Lipinski definition) is 0. The third-order valence-corrected chi connectivity index (χ3v) is 4.54. The van der Waals surface area contributed by atoms with E-state index in [-0.39, 0.29) is 0 Å². The van der Waals surface area contributed by atoms with Crippen LogP contribution in [0.4, 0.5) is 0 Å². The molecule has 0 aromatic rings. The van der Waals surface area contributed by atoms with Crippen LogP contribution >= 0.6 is 11.8 Å². The topological polar surface area (TPSA) is 3.24 Å². The lowest BCUT2D eigenvalue weighted by atomic mass is 10.0. The van der Waals surface area contributed by atoms with Gasteiger partial charge in [-0.15, -0.1) is 11.8 Å². The minimum Gasteiger partial charge on any atom is -0.372 e. The monoisotopic (exact) mass is 241 g/mol. The normalized spacial score (nSPS) is 18.9. The molecular weight excluding hydrogens is 214 g/mol. The number of thioether (sulfide) groups is 1. The smallest absolute Gasteiger partial charge is 0.0260 e. The van der Waals surface area contributed by atoms with E-state index in [0.29, 0.717) is 17.9 Å². The summed E-state index contributed by atoms with van der Waals surface area (Å²) >= 11 is 2.09. The average molecular weight is 241 g/mol.